The number of nitrogens with one attached hydrogen (secondary N) is 1. The summed E-state index contributed by atoms with van der Waals surface area (Å²) in [5.74, 6) is -0.249. The van der Waals surface area contributed by atoms with Crippen molar-refractivity contribution in [3.05, 3.63) is 17.9 Å². The summed E-state index contributed by atoms with van der Waals surface area (Å²) in [7, 11) is 3.14. The Balaban J connectivity index is 3.26. The molecule has 0 radical (unpaired) electrons. The van der Waals surface area contributed by atoms with Gasteiger partial charge in [0.1, 0.15) is 0 Å². The van der Waals surface area contributed by atoms with Gasteiger partial charge in [0.2, 0.25) is 0 Å². The van der Waals surface area contributed by atoms with Crippen molar-refractivity contribution < 1.29 is 9.13 Å². The van der Waals surface area contributed by atoms with Crippen molar-refractivity contribution in [3.8, 4) is 5.75 Å². The summed E-state index contributed by atoms with van der Waals surface area (Å²) in [4.78, 5) is 3.67. The highest BCUT2D eigenvalue weighted by atomic mass is 19.1. The van der Waals surface area contributed by atoms with E-state index in [-0.39, 0.29) is 5.75 Å². The van der Waals surface area contributed by atoms with E-state index in [0.29, 0.717) is 11.4 Å². The second-order valence-corrected chi connectivity index (χ2v) is 2.41. The van der Waals surface area contributed by atoms with E-state index in [2.05, 4.69) is 17.0 Å². The Labute approximate surface area is 76.3 Å². The van der Waals surface area contributed by atoms with Gasteiger partial charge < -0.3 is 10.1 Å². The van der Waals surface area contributed by atoms with Crippen LogP contribution >= 0.6 is 0 Å². The molecule has 4 heteroatoms. The molecule has 3 nitrogen and oxygen atoms in total. The fourth-order valence-electron chi connectivity index (χ4n) is 1.03. The summed E-state index contributed by atoms with van der Waals surface area (Å²) in [5, 5.41) is 2.87. The lowest BCUT2D eigenvalue weighted by molar-refractivity contribution is 0.387. The van der Waals surface area contributed by atoms with Crippen molar-refractivity contribution in [2.24, 2.45) is 4.99 Å². The largest absolute Gasteiger partial charge is 0.494 e. The van der Waals surface area contributed by atoms with Crippen LogP contribution in [0.5, 0.6) is 5.75 Å². The highest BCUT2D eigenvalue weighted by molar-refractivity contribution is 5.69. The molecule has 1 N–H and O–H groups in total. The molecule has 1 rings (SSSR count). The van der Waals surface area contributed by atoms with Crippen LogP contribution in [0.4, 0.5) is 15.8 Å². The molecule has 0 bridgehead atoms. The van der Waals surface area contributed by atoms with Crippen molar-refractivity contribution in [3.63, 3.8) is 0 Å². The van der Waals surface area contributed by atoms with Gasteiger partial charge in [-0.05, 0) is 6.72 Å². The molecule has 0 saturated carbocycles. The molecular weight excluding hydrogens is 171 g/mol. The summed E-state index contributed by atoms with van der Waals surface area (Å²) in [6.45, 7) is 3.34. The number of hydrogen-bond acceptors (Lipinski definition) is 3. The number of ether oxygens (including phenoxy) is 1. The van der Waals surface area contributed by atoms with Crippen LogP contribution < -0.4 is 10.1 Å². The van der Waals surface area contributed by atoms with E-state index in [0.717, 1.165) is 0 Å². The van der Waals surface area contributed by atoms with Crippen LogP contribution in [0.1, 0.15) is 0 Å². The third-order valence-electron chi connectivity index (χ3n) is 1.71. The third kappa shape index (κ3) is 1.77. The fraction of sp³-hybridized carbons (Fsp3) is 0.222. The van der Waals surface area contributed by atoms with E-state index in [1.165, 1.54) is 13.2 Å². The van der Waals surface area contributed by atoms with Crippen molar-refractivity contribution in [2.45, 2.75) is 0 Å². The van der Waals surface area contributed by atoms with Crippen LogP contribution in [0, 0.1) is 5.82 Å². The van der Waals surface area contributed by atoms with Gasteiger partial charge in [0, 0.05) is 19.2 Å². The van der Waals surface area contributed by atoms with E-state index in [4.69, 9.17) is 4.74 Å². The van der Waals surface area contributed by atoms with Crippen LogP contribution in [-0.2, 0) is 0 Å². The minimum atomic E-state index is -0.441. The predicted octanol–water partition coefficient (Wildman–Crippen LogP) is 2.21. The molecule has 1 aromatic rings. The maximum absolute atomic E-state index is 13.1. The Kier molecular flexibility index (Phi) is 2.84. The van der Waals surface area contributed by atoms with Gasteiger partial charge >= 0.3 is 0 Å². The second kappa shape index (κ2) is 3.89. The first-order valence-corrected chi connectivity index (χ1v) is 3.75. The van der Waals surface area contributed by atoms with E-state index in [1.807, 2.05) is 0 Å². The molecule has 70 valence electrons. The van der Waals surface area contributed by atoms with Crippen molar-refractivity contribution in [2.75, 3.05) is 19.5 Å². The molecule has 0 fully saturated rings. The molecule has 0 aliphatic rings. The molecule has 0 spiro atoms. The van der Waals surface area contributed by atoms with Gasteiger partial charge in [0.25, 0.3) is 0 Å². The molecule has 0 saturated heterocycles. The van der Waals surface area contributed by atoms with Crippen LogP contribution in [0.15, 0.2) is 17.1 Å². The van der Waals surface area contributed by atoms with Gasteiger partial charge in [0.15, 0.2) is 11.6 Å². The van der Waals surface area contributed by atoms with E-state index in [1.54, 1.807) is 13.1 Å². The standard InChI is InChI=1S/C9H11FN2O/c1-11-7-4-6(10)9(13-3)5-8(7)12-2/h4-5,12H,1H2,2-3H3. The number of rotatable bonds is 3. The van der Waals surface area contributed by atoms with Crippen LogP contribution in [0.25, 0.3) is 0 Å². The Hall–Kier alpha value is -1.58. The van der Waals surface area contributed by atoms with Gasteiger partial charge in [0.05, 0.1) is 18.5 Å². The number of hydrogen-bond donors (Lipinski definition) is 1. The molecule has 0 aliphatic carbocycles. The highest BCUT2D eigenvalue weighted by Gasteiger charge is 2.07. The number of methoxy groups -OCH3 is 1. The molecule has 0 aliphatic heterocycles. The van der Waals surface area contributed by atoms with Gasteiger partial charge in [-0.25, -0.2) is 4.39 Å². The summed E-state index contributed by atoms with van der Waals surface area (Å²) < 4.78 is 17.9. The minimum absolute atomic E-state index is 0.191. The number of benzene rings is 1. The van der Waals surface area contributed by atoms with E-state index >= 15 is 0 Å². The smallest absolute Gasteiger partial charge is 0.167 e. The summed E-state index contributed by atoms with van der Waals surface area (Å²) in [6, 6.07) is 2.82. The maximum atomic E-state index is 13.1. The van der Waals surface area contributed by atoms with Crippen molar-refractivity contribution in [1.29, 1.82) is 0 Å². The average molecular weight is 182 g/mol. The quantitative estimate of drug-likeness (QED) is 0.727. The van der Waals surface area contributed by atoms with Crippen LogP contribution in [-0.4, -0.2) is 20.9 Å². The van der Waals surface area contributed by atoms with Crippen LogP contribution in [0.3, 0.4) is 0 Å². The fourth-order valence-corrected chi connectivity index (χ4v) is 1.03. The first kappa shape index (κ1) is 9.51. The molecule has 13 heavy (non-hydrogen) atoms. The molecule has 0 atom stereocenters. The lowest BCUT2D eigenvalue weighted by atomic mass is 10.2. The zero-order valence-electron chi connectivity index (χ0n) is 7.60. The Morgan fingerprint density at radius 3 is 2.69 bits per heavy atom. The summed E-state index contributed by atoms with van der Waals surface area (Å²) in [6.07, 6.45) is 0. The summed E-state index contributed by atoms with van der Waals surface area (Å²) >= 11 is 0. The Bertz CT molecular complexity index is 326. The third-order valence-corrected chi connectivity index (χ3v) is 1.71. The Morgan fingerprint density at radius 2 is 2.23 bits per heavy atom. The molecular formula is C9H11FN2O. The number of halogens is 1. The van der Waals surface area contributed by atoms with Crippen molar-refractivity contribution in [1.82, 2.24) is 0 Å². The average Bonchev–Trinajstić information content (AvgIpc) is 2.17. The molecule has 0 unspecified atom stereocenters. The number of nitrogens with zero attached hydrogens (tertiary/aromatic N) is 1. The minimum Gasteiger partial charge on any atom is -0.494 e. The SMILES string of the molecule is C=Nc1cc(F)c(OC)cc1NC. The van der Waals surface area contributed by atoms with E-state index in [9.17, 15) is 4.39 Å². The first-order chi connectivity index (χ1) is 6.22. The van der Waals surface area contributed by atoms with Gasteiger partial charge in [-0.1, -0.05) is 0 Å². The maximum Gasteiger partial charge on any atom is 0.167 e. The van der Waals surface area contributed by atoms with Gasteiger partial charge in [-0.3, -0.25) is 4.99 Å². The monoisotopic (exact) mass is 182 g/mol. The first-order valence-electron chi connectivity index (χ1n) is 3.75. The van der Waals surface area contributed by atoms with Crippen LogP contribution in [0.2, 0.25) is 0 Å². The summed E-state index contributed by atoms with van der Waals surface area (Å²) in [5.41, 5.74) is 1.16. The number of aliphatic imine (C=N–C) groups is 1. The highest BCUT2D eigenvalue weighted by Crippen LogP contribution is 2.31. The second-order valence-electron chi connectivity index (χ2n) is 2.41. The topological polar surface area (TPSA) is 33.6 Å². The normalized spacial score (nSPS) is 9.46. The Morgan fingerprint density at radius 1 is 1.54 bits per heavy atom. The predicted molar refractivity (Wildman–Crippen MR) is 51.7 cm³/mol. The molecule has 0 amide bonds. The van der Waals surface area contributed by atoms with E-state index < -0.39 is 5.82 Å². The molecule has 0 heterocycles. The number of anilines is 1. The van der Waals surface area contributed by atoms with Gasteiger partial charge in [-0.15, -0.1) is 0 Å². The molecule has 0 aromatic heterocycles. The van der Waals surface area contributed by atoms with Crippen molar-refractivity contribution >= 4 is 18.1 Å². The van der Waals surface area contributed by atoms with Gasteiger partial charge in [-0.2, -0.15) is 0 Å². The molecule has 1 aromatic carbocycles. The lowest BCUT2D eigenvalue weighted by Crippen LogP contribution is -1.93. The zero-order chi connectivity index (χ0) is 9.84. The zero-order valence-corrected chi connectivity index (χ0v) is 7.60. The lowest BCUT2D eigenvalue weighted by Gasteiger charge is -2.08.